The van der Waals surface area contributed by atoms with Crippen molar-refractivity contribution in [2.45, 2.75) is 25.1 Å². The fourth-order valence-electron chi connectivity index (χ4n) is 2.18. The third kappa shape index (κ3) is 2.86. The van der Waals surface area contributed by atoms with Gasteiger partial charge in [-0.05, 0) is 29.7 Å². The number of aromatic nitrogens is 1. The van der Waals surface area contributed by atoms with Crippen LogP contribution >= 0.6 is 23.4 Å². The first-order valence-corrected chi connectivity index (χ1v) is 8.18. The number of carbonyl (C=O) groups is 1. The molecule has 0 saturated carbocycles. The van der Waals surface area contributed by atoms with Gasteiger partial charge >= 0.3 is 0 Å². The maximum Gasteiger partial charge on any atom is 0.267 e. The summed E-state index contributed by atoms with van der Waals surface area (Å²) >= 11 is 7.35. The summed E-state index contributed by atoms with van der Waals surface area (Å²) in [7, 11) is 0. The molecule has 2 aliphatic heterocycles. The molecule has 2 N–H and O–H groups in total. The Morgan fingerprint density at radius 3 is 2.82 bits per heavy atom. The minimum absolute atomic E-state index is 0.170. The number of amides is 1. The van der Waals surface area contributed by atoms with Crippen LogP contribution in [0.1, 0.15) is 19.4 Å². The first kappa shape index (κ1) is 15.4. The van der Waals surface area contributed by atoms with Gasteiger partial charge in [-0.25, -0.2) is 9.98 Å². The van der Waals surface area contributed by atoms with Gasteiger partial charge in [0.15, 0.2) is 0 Å². The number of thioether (sulfide) groups is 1. The molecule has 0 radical (unpaired) electrons. The molecule has 22 heavy (non-hydrogen) atoms. The van der Waals surface area contributed by atoms with Crippen LogP contribution in [0.4, 0.5) is 0 Å². The van der Waals surface area contributed by atoms with E-state index >= 15 is 0 Å². The highest BCUT2D eigenvalue weighted by atomic mass is 35.5. The smallest absolute Gasteiger partial charge is 0.267 e. The number of rotatable bonds is 3. The molecule has 1 aromatic rings. The maximum absolute atomic E-state index is 12.2. The van der Waals surface area contributed by atoms with Gasteiger partial charge in [0.05, 0.1) is 11.8 Å². The number of halogens is 1. The van der Waals surface area contributed by atoms with Gasteiger partial charge in [-0.2, -0.15) is 4.99 Å². The Labute approximate surface area is 137 Å². The summed E-state index contributed by atoms with van der Waals surface area (Å²) in [4.78, 5) is 25.7. The maximum atomic E-state index is 12.2. The van der Waals surface area contributed by atoms with Crippen LogP contribution in [-0.4, -0.2) is 33.7 Å². The Morgan fingerprint density at radius 1 is 1.36 bits per heavy atom. The number of fused-ring (bicyclic) bond motifs is 1. The summed E-state index contributed by atoms with van der Waals surface area (Å²) < 4.78 is 0. The third-order valence-corrected chi connectivity index (χ3v) is 5.01. The van der Waals surface area contributed by atoms with E-state index in [-0.39, 0.29) is 23.1 Å². The van der Waals surface area contributed by atoms with E-state index in [1.807, 2.05) is 26.0 Å². The van der Waals surface area contributed by atoms with E-state index in [4.69, 9.17) is 17.3 Å². The van der Waals surface area contributed by atoms with E-state index in [0.717, 1.165) is 10.5 Å². The van der Waals surface area contributed by atoms with Crippen molar-refractivity contribution in [3.63, 3.8) is 0 Å². The Hall–Kier alpha value is -1.50. The lowest BCUT2D eigenvalue weighted by molar-refractivity contribution is -0.116. The Balaban J connectivity index is 1.93. The molecule has 1 amide bonds. The van der Waals surface area contributed by atoms with E-state index in [1.165, 1.54) is 11.8 Å². The van der Waals surface area contributed by atoms with Gasteiger partial charge in [0.2, 0.25) is 0 Å². The molecule has 0 spiro atoms. The molecule has 0 aliphatic carbocycles. The van der Waals surface area contributed by atoms with Crippen molar-refractivity contribution >= 4 is 45.7 Å². The van der Waals surface area contributed by atoms with E-state index in [1.54, 1.807) is 12.3 Å². The third-order valence-electron chi connectivity index (χ3n) is 3.51. The number of nitrogens with two attached hydrogens (primary N) is 1. The summed E-state index contributed by atoms with van der Waals surface area (Å²) in [6.07, 6.45) is 3.54. The lowest BCUT2D eigenvalue weighted by Crippen LogP contribution is -2.39. The summed E-state index contributed by atoms with van der Waals surface area (Å²) in [5.41, 5.74) is 7.69. The molecule has 114 valence electrons. The molecule has 1 aromatic heterocycles. The molecular weight excluding hydrogens is 320 g/mol. The van der Waals surface area contributed by atoms with Crippen molar-refractivity contribution in [2.24, 2.45) is 21.6 Å². The number of carbonyl (C=O) groups excluding carboxylic acids is 1. The first-order valence-electron chi connectivity index (χ1n) is 6.92. The predicted molar refractivity (Wildman–Crippen MR) is 91.3 cm³/mol. The molecule has 2 aliphatic rings. The zero-order valence-corrected chi connectivity index (χ0v) is 13.7. The molecule has 0 aromatic carbocycles. The number of aliphatic imine (C=N–C) groups is 2. The standard InChI is InChI=1S/C15H15ClN4OS/c1-7(2)12(17)14-19-9-6-10(22-13(9)15(21)20-14)8-3-4-18-11(16)5-8/h3-7,12-13H,17H2,1-2H3/t12-,13?/m0/s1. The molecule has 0 saturated heterocycles. The highest BCUT2D eigenvalue weighted by Gasteiger charge is 2.35. The van der Waals surface area contributed by atoms with Crippen LogP contribution in [0.2, 0.25) is 5.15 Å². The largest absolute Gasteiger partial charge is 0.321 e. The van der Waals surface area contributed by atoms with Crippen LogP contribution in [0.15, 0.2) is 34.4 Å². The zero-order valence-electron chi connectivity index (χ0n) is 12.2. The second-order valence-corrected chi connectivity index (χ2v) is 7.02. The zero-order chi connectivity index (χ0) is 15.9. The van der Waals surface area contributed by atoms with Crippen molar-refractivity contribution in [1.82, 2.24) is 4.98 Å². The van der Waals surface area contributed by atoms with E-state index in [9.17, 15) is 4.79 Å². The molecule has 1 unspecified atom stereocenters. The number of pyridine rings is 1. The van der Waals surface area contributed by atoms with Gasteiger partial charge in [-0.15, -0.1) is 11.8 Å². The molecular formula is C15H15ClN4OS. The minimum atomic E-state index is -0.384. The van der Waals surface area contributed by atoms with Gasteiger partial charge in [0.1, 0.15) is 16.2 Å². The van der Waals surface area contributed by atoms with E-state index in [0.29, 0.717) is 16.7 Å². The average molecular weight is 335 g/mol. The predicted octanol–water partition coefficient (Wildman–Crippen LogP) is 2.55. The van der Waals surface area contributed by atoms with Crippen LogP contribution in [0, 0.1) is 5.92 Å². The summed E-state index contributed by atoms with van der Waals surface area (Å²) in [6.45, 7) is 3.96. The normalized spacial score (nSPS) is 22.1. The summed E-state index contributed by atoms with van der Waals surface area (Å²) in [6, 6.07) is 3.29. The van der Waals surface area contributed by atoms with Gasteiger partial charge in [-0.3, -0.25) is 4.79 Å². The van der Waals surface area contributed by atoms with Crippen molar-refractivity contribution in [2.75, 3.05) is 0 Å². The van der Waals surface area contributed by atoms with Crippen LogP contribution < -0.4 is 5.73 Å². The Kier molecular flexibility index (Phi) is 4.16. The fraction of sp³-hybridized carbons (Fsp3) is 0.333. The number of nitrogens with zero attached hydrogens (tertiary/aromatic N) is 3. The van der Waals surface area contributed by atoms with Gasteiger partial charge in [0.25, 0.3) is 5.91 Å². The quantitative estimate of drug-likeness (QED) is 0.861. The van der Waals surface area contributed by atoms with Crippen molar-refractivity contribution in [3.05, 3.63) is 35.1 Å². The molecule has 7 heteroatoms. The molecule has 0 fully saturated rings. The van der Waals surface area contributed by atoms with E-state index in [2.05, 4.69) is 15.0 Å². The van der Waals surface area contributed by atoms with Crippen molar-refractivity contribution in [3.8, 4) is 0 Å². The van der Waals surface area contributed by atoms with Crippen LogP contribution in [0.3, 0.4) is 0 Å². The lowest BCUT2D eigenvalue weighted by atomic mass is 10.0. The Morgan fingerprint density at radius 2 is 2.14 bits per heavy atom. The number of hydrogen-bond acceptors (Lipinski definition) is 5. The van der Waals surface area contributed by atoms with Crippen LogP contribution in [0.25, 0.3) is 4.91 Å². The second-order valence-electron chi connectivity index (χ2n) is 5.49. The molecule has 3 rings (SSSR count). The summed E-state index contributed by atoms with van der Waals surface area (Å²) in [5.74, 6) is 0.383. The van der Waals surface area contributed by atoms with Gasteiger partial charge < -0.3 is 5.73 Å². The topological polar surface area (TPSA) is 80.7 Å². The highest BCUT2D eigenvalue weighted by molar-refractivity contribution is 8.10. The average Bonchev–Trinajstić information content (AvgIpc) is 2.91. The molecule has 0 bridgehead atoms. The van der Waals surface area contributed by atoms with Crippen molar-refractivity contribution in [1.29, 1.82) is 0 Å². The van der Waals surface area contributed by atoms with E-state index < -0.39 is 0 Å². The lowest BCUT2D eigenvalue weighted by Gasteiger charge is -2.19. The minimum Gasteiger partial charge on any atom is -0.321 e. The number of amidine groups is 1. The first-order chi connectivity index (χ1) is 10.5. The Bertz CT molecular complexity index is 726. The van der Waals surface area contributed by atoms with Crippen molar-refractivity contribution < 1.29 is 4.79 Å². The number of hydrogen-bond donors (Lipinski definition) is 1. The molecule has 2 atom stereocenters. The van der Waals surface area contributed by atoms with Crippen LogP contribution in [0.5, 0.6) is 0 Å². The highest BCUT2D eigenvalue weighted by Crippen LogP contribution is 2.40. The van der Waals surface area contributed by atoms with Crippen LogP contribution in [-0.2, 0) is 4.79 Å². The molecule has 3 heterocycles. The SMILES string of the molecule is CC(C)[C@H](N)C1=NC(=O)C2SC(c3ccnc(Cl)c3)=CC2=N1. The fourth-order valence-corrected chi connectivity index (χ4v) is 3.46. The second kappa shape index (κ2) is 5.95. The number of allylic oxidation sites excluding steroid dienone is 1. The van der Waals surface area contributed by atoms with Gasteiger partial charge in [-0.1, -0.05) is 25.4 Å². The van der Waals surface area contributed by atoms with Gasteiger partial charge in [0, 0.05) is 11.1 Å². The molecule has 5 nitrogen and oxygen atoms in total. The monoisotopic (exact) mass is 334 g/mol. The summed E-state index contributed by atoms with van der Waals surface area (Å²) in [5, 5.41) is 0.0333.